The van der Waals surface area contributed by atoms with Crippen LogP contribution < -0.4 is 26.4 Å². The summed E-state index contributed by atoms with van der Waals surface area (Å²) < 4.78 is 31.7. The molecule has 3 amide bonds. The van der Waals surface area contributed by atoms with Crippen LogP contribution in [-0.2, 0) is 14.4 Å². The summed E-state index contributed by atoms with van der Waals surface area (Å²) in [4.78, 5) is 64.3. The van der Waals surface area contributed by atoms with Crippen LogP contribution in [0.5, 0.6) is 0 Å². The van der Waals surface area contributed by atoms with Crippen molar-refractivity contribution in [1.82, 2.24) is 29.7 Å². The number of amides is 3. The summed E-state index contributed by atoms with van der Waals surface area (Å²) in [5.74, 6) is -1.32. The summed E-state index contributed by atoms with van der Waals surface area (Å²) in [6.45, 7) is 3.99. The second-order valence-corrected chi connectivity index (χ2v) is 16.2. The van der Waals surface area contributed by atoms with Gasteiger partial charge in [-0.25, -0.2) is 18.7 Å². The van der Waals surface area contributed by atoms with Gasteiger partial charge in [0.15, 0.2) is 5.82 Å². The first-order chi connectivity index (χ1) is 28.5. The van der Waals surface area contributed by atoms with Crippen LogP contribution in [0.25, 0.3) is 16.9 Å². The molecule has 4 aromatic rings. The summed E-state index contributed by atoms with van der Waals surface area (Å²) in [6, 6.07) is 16.1. The number of pyridine rings is 1. The predicted molar refractivity (Wildman–Crippen MR) is 218 cm³/mol. The van der Waals surface area contributed by atoms with E-state index in [2.05, 4.69) is 30.8 Å². The van der Waals surface area contributed by atoms with Crippen molar-refractivity contribution >= 4 is 35.0 Å². The van der Waals surface area contributed by atoms with Gasteiger partial charge in [-0.15, -0.1) is 0 Å². The highest BCUT2D eigenvalue weighted by atomic mass is 19.1. The number of rotatable bonds is 10. The van der Waals surface area contributed by atoms with Gasteiger partial charge in [-0.3, -0.25) is 34.0 Å². The van der Waals surface area contributed by atoms with E-state index in [0.717, 1.165) is 19.0 Å². The molecule has 59 heavy (non-hydrogen) atoms. The molecule has 4 N–H and O–H groups in total. The average molecular weight is 810 g/mol. The zero-order chi connectivity index (χ0) is 41.1. The molecule has 4 fully saturated rings. The highest BCUT2D eigenvalue weighted by Gasteiger charge is 2.37. The van der Waals surface area contributed by atoms with Crippen molar-refractivity contribution in [2.75, 3.05) is 61.3 Å². The number of halogens is 2. The van der Waals surface area contributed by atoms with E-state index in [0.29, 0.717) is 106 Å². The predicted octanol–water partition coefficient (Wildman–Crippen LogP) is 3.94. The van der Waals surface area contributed by atoms with Crippen LogP contribution in [0.2, 0.25) is 0 Å². The van der Waals surface area contributed by atoms with E-state index in [4.69, 9.17) is 0 Å². The number of nitrogens with one attached hydrogen (secondary N) is 3. The molecule has 14 nitrogen and oxygen atoms in total. The van der Waals surface area contributed by atoms with E-state index < -0.39 is 29.2 Å². The van der Waals surface area contributed by atoms with E-state index in [-0.39, 0.29) is 41.4 Å². The zero-order valence-electron chi connectivity index (χ0n) is 32.8. The van der Waals surface area contributed by atoms with Crippen molar-refractivity contribution < 1.29 is 28.3 Å². The second kappa shape index (κ2) is 17.2. The Labute approximate surface area is 340 Å². The Bertz CT molecular complexity index is 2250. The number of piperidine rings is 2. The topological polar surface area (TPSA) is 165 Å². The third-order valence-corrected chi connectivity index (χ3v) is 12.1. The third-order valence-electron chi connectivity index (χ3n) is 12.1. The average Bonchev–Trinajstić information content (AvgIpc) is 3.23. The maximum absolute atomic E-state index is 15.2. The lowest BCUT2D eigenvalue weighted by atomic mass is 9.85. The van der Waals surface area contributed by atoms with E-state index in [1.807, 2.05) is 9.80 Å². The summed E-state index contributed by atoms with van der Waals surface area (Å²) >= 11 is 0. The normalized spacial score (nSPS) is 22.5. The zero-order valence-corrected chi connectivity index (χ0v) is 32.8. The number of hydrogen-bond acceptors (Lipinski definition) is 11. The lowest BCUT2D eigenvalue weighted by Crippen LogP contribution is -2.56. The molecule has 1 unspecified atom stereocenters. The smallest absolute Gasteiger partial charge is 0.255 e. The standard InChI is InChI=1S/C43H49F2N9O5/c44-33-25-31(47-35-12-14-37(55)49-40(35)57)11-13-36(33)52-18-15-43(59,16-19-52)27-51-20-22-53(23-21-51)41(58)28-7-9-30(10-8-28)48-42-46-26-34(45)39(50-42)29-4-3-5-32(24-29)54-17-2-1-6-38(54)56/h1-6,11,13,17,24-26,28,30,35,47,59H,7-10,12,14-16,18-23,27H2,(H,46,48,50)(H,49,55,57). The highest BCUT2D eigenvalue weighted by molar-refractivity contribution is 6.01. The number of hydrogen-bond donors (Lipinski definition) is 4. The molecule has 4 aliphatic rings. The Morgan fingerprint density at radius 2 is 1.64 bits per heavy atom. The molecular formula is C43H49F2N9O5. The van der Waals surface area contributed by atoms with Gasteiger partial charge in [-0.05, 0) is 81.3 Å². The molecule has 3 aliphatic heterocycles. The fourth-order valence-electron chi connectivity index (χ4n) is 8.76. The molecule has 0 radical (unpaired) electrons. The number of carbonyl (C=O) groups excluding carboxylic acids is 3. The Balaban J connectivity index is 0.774. The minimum absolute atomic E-state index is 0.0356. The molecule has 2 aromatic carbocycles. The van der Waals surface area contributed by atoms with Crippen molar-refractivity contribution in [3.63, 3.8) is 0 Å². The van der Waals surface area contributed by atoms with Crippen LogP contribution in [0.3, 0.4) is 0 Å². The fourth-order valence-corrected chi connectivity index (χ4v) is 8.76. The van der Waals surface area contributed by atoms with Gasteiger partial charge in [0.2, 0.25) is 23.7 Å². The minimum Gasteiger partial charge on any atom is -0.388 e. The van der Waals surface area contributed by atoms with Gasteiger partial charge in [0, 0.05) is 93.4 Å². The molecule has 5 heterocycles. The number of carbonyl (C=O) groups is 3. The molecule has 310 valence electrons. The third kappa shape index (κ3) is 9.28. The first-order valence-electron chi connectivity index (χ1n) is 20.5. The number of benzene rings is 2. The van der Waals surface area contributed by atoms with Gasteiger partial charge in [-0.2, -0.15) is 0 Å². The van der Waals surface area contributed by atoms with Gasteiger partial charge in [0.1, 0.15) is 17.6 Å². The minimum atomic E-state index is -0.917. The molecule has 8 rings (SSSR count). The Hall–Kier alpha value is -5.74. The number of piperazine rings is 1. The van der Waals surface area contributed by atoms with E-state index >= 15 is 4.39 Å². The SMILES string of the molecule is O=C1CCC(Nc2ccc(N3CCC(O)(CN4CCN(C(=O)C5CCC(Nc6ncc(F)c(-c7cccc(-n8ccccc8=O)c7)n6)CC5)CC4)CC3)c(F)c2)C(=O)N1. The summed E-state index contributed by atoms with van der Waals surface area (Å²) in [5, 5.41) is 20.2. The lowest BCUT2D eigenvalue weighted by Gasteiger charge is -2.44. The molecule has 0 spiro atoms. The molecule has 1 atom stereocenters. The fraction of sp³-hybridized carbons (Fsp3) is 0.442. The summed E-state index contributed by atoms with van der Waals surface area (Å²) in [7, 11) is 0. The van der Waals surface area contributed by atoms with Crippen molar-refractivity contribution in [2.24, 2.45) is 5.92 Å². The Kier molecular flexibility index (Phi) is 11.7. The number of nitrogens with zero attached hydrogens (tertiary/aromatic N) is 6. The number of anilines is 3. The van der Waals surface area contributed by atoms with Crippen molar-refractivity contribution in [3.8, 4) is 16.9 Å². The lowest BCUT2D eigenvalue weighted by molar-refractivity contribution is -0.139. The highest BCUT2D eigenvalue weighted by Crippen LogP contribution is 2.32. The van der Waals surface area contributed by atoms with Gasteiger partial charge in [0.25, 0.3) is 5.56 Å². The Morgan fingerprint density at radius 1 is 0.864 bits per heavy atom. The summed E-state index contributed by atoms with van der Waals surface area (Å²) in [5.41, 5.74) is 1.05. The molecule has 0 bridgehead atoms. The van der Waals surface area contributed by atoms with Crippen LogP contribution in [0.15, 0.2) is 77.9 Å². The van der Waals surface area contributed by atoms with Crippen molar-refractivity contribution in [2.45, 2.75) is 69.1 Å². The maximum Gasteiger partial charge on any atom is 0.255 e. The van der Waals surface area contributed by atoms with Crippen molar-refractivity contribution in [3.05, 3.63) is 95.0 Å². The monoisotopic (exact) mass is 809 g/mol. The number of β-amino-alcohol motifs (C(OH)–C–C–N with tert-alkyl or cyclic N) is 1. The van der Waals surface area contributed by atoms with Gasteiger partial charge in [-0.1, -0.05) is 18.2 Å². The number of imide groups is 1. The first-order valence-corrected chi connectivity index (χ1v) is 20.5. The van der Waals surface area contributed by atoms with Gasteiger partial charge < -0.3 is 25.5 Å². The van der Waals surface area contributed by atoms with Gasteiger partial charge in [0.05, 0.1) is 17.5 Å². The van der Waals surface area contributed by atoms with E-state index in [9.17, 15) is 28.7 Å². The molecule has 3 saturated heterocycles. The maximum atomic E-state index is 15.2. The largest absolute Gasteiger partial charge is 0.388 e. The molecular weight excluding hydrogens is 761 g/mol. The molecule has 16 heteroatoms. The van der Waals surface area contributed by atoms with E-state index in [1.54, 1.807) is 54.7 Å². The molecule has 1 saturated carbocycles. The van der Waals surface area contributed by atoms with Crippen LogP contribution in [0.4, 0.5) is 26.1 Å². The van der Waals surface area contributed by atoms with E-state index in [1.165, 1.54) is 16.7 Å². The van der Waals surface area contributed by atoms with Gasteiger partial charge >= 0.3 is 0 Å². The Morgan fingerprint density at radius 3 is 2.37 bits per heavy atom. The summed E-state index contributed by atoms with van der Waals surface area (Å²) in [6.07, 6.45) is 7.28. The second-order valence-electron chi connectivity index (χ2n) is 16.2. The number of aromatic nitrogens is 3. The van der Waals surface area contributed by atoms with Crippen LogP contribution in [0, 0.1) is 17.6 Å². The number of aliphatic hydroxyl groups is 1. The van der Waals surface area contributed by atoms with Crippen LogP contribution >= 0.6 is 0 Å². The first kappa shape index (κ1) is 40.1. The van der Waals surface area contributed by atoms with Crippen LogP contribution in [-0.4, -0.2) is 111 Å². The van der Waals surface area contributed by atoms with Crippen LogP contribution in [0.1, 0.15) is 51.4 Å². The molecule has 2 aromatic heterocycles. The molecule has 1 aliphatic carbocycles. The van der Waals surface area contributed by atoms with Crippen molar-refractivity contribution in [1.29, 1.82) is 0 Å². The quantitative estimate of drug-likeness (QED) is 0.172.